The second-order valence-electron chi connectivity index (χ2n) is 16.9. The maximum absolute atomic E-state index is 16.8. The lowest BCUT2D eigenvalue weighted by molar-refractivity contribution is 0.0754. The van der Waals surface area contributed by atoms with Crippen LogP contribution >= 0.6 is 11.6 Å². The zero-order valence-corrected chi connectivity index (χ0v) is 33.7. The van der Waals surface area contributed by atoms with Crippen molar-refractivity contribution in [2.24, 2.45) is 5.92 Å². The van der Waals surface area contributed by atoms with Gasteiger partial charge in [-0.15, -0.1) is 10.2 Å². The number of benzene rings is 1. The molecule has 17 heteroatoms. The van der Waals surface area contributed by atoms with E-state index in [0.717, 1.165) is 45.3 Å². The molecule has 3 fully saturated rings. The number of piperidine rings is 1. The largest absolute Gasteiger partial charge is 0.463 e. The van der Waals surface area contributed by atoms with E-state index in [4.69, 9.17) is 25.2 Å². The first-order chi connectivity index (χ1) is 26.2. The third-order valence-electron chi connectivity index (χ3n) is 12.3. The van der Waals surface area contributed by atoms with Crippen molar-refractivity contribution in [2.75, 3.05) is 32.8 Å². The van der Waals surface area contributed by atoms with Gasteiger partial charge in [0.05, 0.1) is 22.6 Å². The summed E-state index contributed by atoms with van der Waals surface area (Å²) in [7, 11) is -2.19. The van der Waals surface area contributed by atoms with E-state index in [-0.39, 0.29) is 46.3 Å². The van der Waals surface area contributed by atoms with Crippen molar-refractivity contribution in [1.82, 2.24) is 45.6 Å². The molecule has 0 aliphatic carbocycles. The number of ether oxygens (including phenoxy) is 1. The molecule has 3 aliphatic rings. The second-order valence-corrected chi connectivity index (χ2v) is 22.1. The van der Waals surface area contributed by atoms with Gasteiger partial charge in [0.1, 0.15) is 30.1 Å². The summed E-state index contributed by atoms with van der Waals surface area (Å²) < 4.78 is 50.4. The van der Waals surface area contributed by atoms with Crippen LogP contribution in [0.4, 0.5) is 8.78 Å². The van der Waals surface area contributed by atoms with Crippen molar-refractivity contribution in [1.29, 1.82) is 0 Å². The summed E-state index contributed by atoms with van der Waals surface area (Å²) in [5, 5.41) is 20.5. The molecule has 1 aromatic carbocycles. The van der Waals surface area contributed by atoms with Crippen molar-refractivity contribution in [3.8, 4) is 17.3 Å². The van der Waals surface area contributed by atoms with Crippen LogP contribution in [0.25, 0.3) is 33.1 Å². The number of pyridine rings is 1. The molecule has 5 aromatic rings. The summed E-state index contributed by atoms with van der Waals surface area (Å²) >= 11 is 6.92. The summed E-state index contributed by atoms with van der Waals surface area (Å²) in [6.07, 6.45) is 6.32. The molecule has 7 heterocycles. The van der Waals surface area contributed by atoms with Gasteiger partial charge in [-0.25, -0.2) is 8.78 Å². The third-order valence-corrected chi connectivity index (χ3v) is 17.0. The van der Waals surface area contributed by atoms with E-state index in [1.165, 1.54) is 6.20 Å². The molecule has 3 aliphatic heterocycles. The van der Waals surface area contributed by atoms with E-state index in [2.05, 4.69) is 79.4 Å². The number of rotatable bonds is 11. The van der Waals surface area contributed by atoms with Crippen molar-refractivity contribution in [2.45, 2.75) is 102 Å². The number of hydrogen-bond donors (Lipinski definition) is 3. The molecule has 4 aromatic heterocycles. The minimum atomic E-state index is -2.19. The first kappa shape index (κ1) is 38.1. The second kappa shape index (κ2) is 14.6. The lowest BCUT2D eigenvalue weighted by atomic mass is 9.94. The van der Waals surface area contributed by atoms with Crippen LogP contribution in [-0.2, 0) is 17.3 Å². The van der Waals surface area contributed by atoms with Crippen LogP contribution in [0.15, 0.2) is 27.7 Å². The number of H-pyrrole nitrogens is 2. The first-order valence-corrected chi connectivity index (χ1v) is 22.5. The van der Waals surface area contributed by atoms with Gasteiger partial charge in [0, 0.05) is 54.0 Å². The highest BCUT2D eigenvalue weighted by Gasteiger charge is 2.49. The number of aromatic nitrogens is 7. The zero-order chi connectivity index (χ0) is 38.7. The van der Waals surface area contributed by atoms with Crippen LogP contribution in [0, 0.1) is 11.7 Å². The van der Waals surface area contributed by atoms with Gasteiger partial charge < -0.3 is 18.9 Å². The van der Waals surface area contributed by atoms with Crippen molar-refractivity contribution >= 4 is 41.7 Å². The van der Waals surface area contributed by atoms with Gasteiger partial charge in [-0.3, -0.25) is 24.8 Å². The smallest absolute Gasteiger partial charge is 0.297 e. The molecule has 0 bridgehead atoms. The van der Waals surface area contributed by atoms with Crippen LogP contribution in [0.1, 0.15) is 76.3 Å². The van der Waals surface area contributed by atoms with Crippen LogP contribution in [0.5, 0.6) is 6.01 Å². The summed E-state index contributed by atoms with van der Waals surface area (Å²) in [5.41, 5.74) is 0.276. The highest BCUT2D eigenvalue weighted by Crippen LogP contribution is 2.44. The summed E-state index contributed by atoms with van der Waals surface area (Å²) in [6.45, 7) is 14.1. The van der Waals surface area contributed by atoms with Crippen molar-refractivity contribution < 1.29 is 22.4 Å². The summed E-state index contributed by atoms with van der Waals surface area (Å²) in [4.78, 5) is 26.8. The fourth-order valence-electron chi connectivity index (χ4n) is 8.25. The first-order valence-electron chi connectivity index (χ1n) is 19.2. The molecular formula is C38H48ClF2N9O4Si. The Bertz CT molecular complexity index is 2270. The molecule has 294 valence electrons. The number of aryl methyl sites for hydroxylation is 1. The molecule has 0 saturated carbocycles. The Morgan fingerprint density at radius 1 is 1.18 bits per heavy atom. The van der Waals surface area contributed by atoms with Crippen LogP contribution in [0.3, 0.4) is 0 Å². The Morgan fingerprint density at radius 3 is 2.80 bits per heavy atom. The van der Waals surface area contributed by atoms with Crippen LogP contribution in [0.2, 0.25) is 23.2 Å². The molecule has 3 saturated heterocycles. The van der Waals surface area contributed by atoms with E-state index in [9.17, 15) is 9.18 Å². The fourth-order valence-corrected chi connectivity index (χ4v) is 9.83. The van der Waals surface area contributed by atoms with Gasteiger partial charge >= 0.3 is 0 Å². The standard InChI is InChI=1S/C38H48ClF2N9O4Si/c1-37(2,3)55(4,5)54-33(21-8-6-12-42-16-21)35-49-48-28(53-35)10-9-23-26(39)14-27-24(18-44-47-27)29(23)32-30(41)31-25(17-43-32)34(51)46-36(45-31)52-20-38-11-7-13-50(38)19-22(40)15-38/h14,17-18,21-22,33,42H,6-13,15-16,19-20H2,1-5H3,(H,44,47)(H,45,46,51)/t21-,22-,33?,38+/m1/s1. The molecular weight excluding hydrogens is 748 g/mol. The number of nitrogens with zero attached hydrogens (tertiary/aromatic N) is 6. The lowest BCUT2D eigenvalue weighted by Crippen LogP contribution is -2.45. The van der Waals surface area contributed by atoms with Gasteiger partial charge in [-0.2, -0.15) is 10.1 Å². The molecule has 4 atom stereocenters. The number of hydrogen-bond acceptors (Lipinski definition) is 11. The molecule has 3 N–H and O–H groups in total. The molecule has 1 unspecified atom stereocenters. The normalized spacial score (nSPS) is 22.8. The summed E-state index contributed by atoms with van der Waals surface area (Å²) in [6, 6.07) is 1.61. The van der Waals surface area contributed by atoms with E-state index in [1.54, 1.807) is 12.3 Å². The molecule has 0 amide bonds. The SMILES string of the molecule is CC(C)(C)[Si](C)(C)OC(c1nnc(CCc2c(Cl)cc3[nH]ncc3c2-c2ncc3c(=O)[nH]c(OC[C@@]45CCCN4C[C@H](F)C5)nc3c2F)o1)[C@@H]1CCCNC1. The van der Waals surface area contributed by atoms with Crippen LogP contribution in [-0.4, -0.2) is 93.1 Å². The third kappa shape index (κ3) is 7.20. The number of alkyl halides is 1. The topological polar surface area (TPSA) is 160 Å². The Kier molecular flexibility index (Phi) is 10.1. The fraction of sp³-hybridized carbons (Fsp3) is 0.579. The maximum atomic E-state index is 16.8. The number of fused-ring (bicyclic) bond motifs is 3. The molecule has 0 radical (unpaired) electrons. The monoisotopic (exact) mass is 795 g/mol. The molecule has 0 spiro atoms. The quantitative estimate of drug-likeness (QED) is 0.120. The molecule has 55 heavy (non-hydrogen) atoms. The Morgan fingerprint density at radius 2 is 2.02 bits per heavy atom. The van der Waals surface area contributed by atoms with E-state index in [1.807, 2.05) is 0 Å². The minimum absolute atomic E-state index is 0.00818. The van der Waals surface area contributed by atoms with Gasteiger partial charge in [0.2, 0.25) is 11.8 Å². The average Bonchev–Trinajstić information content (AvgIpc) is 3.94. The van der Waals surface area contributed by atoms with Crippen molar-refractivity contribution in [3.05, 3.63) is 57.0 Å². The zero-order valence-electron chi connectivity index (χ0n) is 31.9. The van der Waals surface area contributed by atoms with E-state index in [0.29, 0.717) is 64.6 Å². The van der Waals surface area contributed by atoms with Gasteiger partial charge in [0.15, 0.2) is 14.1 Å². The predicted octanol–water partition coefficient (Wildman–Crippen LogP) is 6.84. The average molecular weight is 796 g/mol. The highest BCUT2D eigenvalue weighted by atomic mass is 35.5. The predicted molar refractivity (Wildman–Crippen MR) is 207 cm³/mol. The lowest BCUT2D eigenvalue weighted by Gasteiger charge is -2.41. The van der Waals surface area contributed by atoms with E-state index >= 15 is 4.39 Å². The molecule has 13 nitrogen and oxygen atoms in total. The Balaban J connectivity index is 1.10. The summed E-state index contributed by atoms with van der Waals surface area (Å²) in [5.74, 6) is 0.244. The Labute approximate surface area is 323 Å². The highest BCUT2D eigenvalue weighted by molar-refractivity contribution is 6.74. The van der Waals surface area contributed by atoms with Gasteiger partial charge in [0.25, 0.3) is 11.6 Å². The minimum Gasteiger partial charge on any atom is -0.463 e. The Hall–Kier alpha value is -3.83. The van der Waals surface area contributed by atoms with Gasteiger partial charge in [-0.1, -0.05) is 32.4 Å². The maximum Gasteiger partial charge on any atom is 0.297 e. The van der Waals surface area contributed by atoms with Gasteiger partial charge in [-0.05, 0) is 75.0 Å². The molecule has 8 rings (SSSR count). The number of nitrogens with one attached hydrogen (secondary N) is 3. The van der Waals surface area contributed by atoms with E-state index < -0.39 is 31.4 Å². The number of halogens is 3. The van der Waals surface area contributed by atoms with Crippen LogP contribution < -0.4 is 15.6 Å². The number of aromatic amines is 2. The van der Waals surface area contributed by atoms with Crippen molar-refractivity contribution in [3.63, 3.8) is 0 Å².